The van der Waals surface area contributed by atoms with Crippen LogP contribution in [0.3, 0.4) is 0 Å². The predicted octanol–water partition coefficient (Wildman–Crippen LogP) is 1.83. The third kappa shape index (κ3) is 3.11. The van der Waals surface area contributed by atoms with Crippen LogP contribution in [-0.2, 0) is 17.9 Å². The van der Waals surface area contributed by atoms with Gasteiger partial charge in [0.15, 0.2) is 0 Å². The Morgan fingerprint density at radius 3 is 2.46 bits per heavy atom. The quantitative estimate of drug-likeness (QED) is 0.759. The Hall–Kier alpha value is -3.35. The lowest BCUT2D eigenvalue weighted by Crippen LogP contribution is -2.41. The Bertz CT molecular complexity index is 1080. The van der Waals surface area contributed by atoms with E-state index in [1.807, 2.05) is 0 Å². The second-order valence-electron chi connectivity index (χ2n) is 5.68. The fraction of sp³-hybridized carbons (Fsp3) is 0.211. The van der Waals surface area contributed by atoms with Crippen LogP contribution in [0.2, 0.25) is 0 Å². The van der Waals surface area contributed by atoms with Gasteiger partial charge in [-0.15, -0.1) is 0 Å². The number of fused-ring (bicyclic) bond motifs is 1. The van der Waals surface area contributed by atoms with Crippen molar-refractivity contribution in [2.45, 2.75) is 20.0 Å². The highest BCUT2D eigenvalue weighted by atomic mass is 16.5. The van der Waals surface area contributed by atoms with Gasteiger partial charge in [-0.3, -0.25) is 18.7 Å². The monoisotopic (exact) mass is 353 g/mol. The van der Waals surface area contributed by atoms with E-state index in [0.29, 0.717) is 22.3 Å². The van der Waals surface area contributed by atoms with Gasteiger partial charge < -0.3 is 10.1 Å². The smallest absolute Gasteiger partial charge is 0.331 e. The molecule has 0 spiro atoms. The zero-order valence-electron chi connectivity index (χ0n) is 14.6. The molecule has 26 heavy (non-hydrogen) atoms. The first-order valence-electron chi connectivity index (χ1n) is 8.22. The number of hydrogen-bond acceptors (Lipinski definition) is 4. The molecular weight excluding hydrogens is 334 g/mol. The molecule has 0 saturated heterocycles. The van der Waals surface area contributed by atoms with E-state index in [1.165, 1.54) is 11.7 Å². The summed E-state index contributed by atoms with van der Waals surface area (Å²) in [6.45, 7) is 1.74. The zero-order valence-corrected chi connectivity index (χ0v) is 14.6. The summed E-state index contributed by atoms with van der Waals surface area (Å²) in [5.74, 6) is 0.139. The van der Waals surface area contributed by atoms with Gasteiger partial charge >= 0.3 is 5.69 Å². The number of benzene rings is 2. The zero-order chi connectivity index (χ0) is 18.7. The number of anilines is 1. The van der Waals surface area contributed by atoms with Crippen molar-refractivity contribution >= 4 is 22.5 Å². The lowest BCUT2D eigenvalue weighted by molar-refractivity contribution is -0.116. The SMILES string of the molecule is CCn1c(=O)c2ccccc2n(CC(=O)Nc2ccccc2OC)c1=O. The normalized spacial score (nSPS) is 10.7. The van der Waals surface area contributed by atoms with E-state index < -0.39 is 5.69 Å². The molecule has 0 aliphatic heterocycles. The number of rotatable bonds is 5. The molecule has 1 N–H and O–H groups in total. The molecule has 0 unspecified atom stereocenters. The lowest BCUT2D eigenvalue weighted by atomic mass is 10.2. The molecule has 1 heterocycles. The topological polar surface area (TPSA) is 82.3 Å². The summed E-state index contributed by atoms with van der Waals surface area (Å²) in [5.41, 5.74) is 0.0874. The molecule has 0 atom stereocenters. The average Bonchev–Trinajstić information content (AvgIpc) is 2.66. The number of nitrogens with one attached hydrogen (secondary N) is 1. The summed E-state index contributed by atoms with van der Waals surface area (Å²) in [6, 6.07) is 13.8. The first-order chi connectivity index (χ1) is 12.6. The number of aromatic nitrogens is 2. The van der Waals surface area contributed by atoms with Crippen molar-refractivity contribution in [1.29, 1.82) is 0 Å². The van der Waals surface area contributed by atoms with E-state index in [1.54, 1.807) is 55.5 Å². The first-order valence-corrected chi connectivity index (χ1v) is 8.22. The Kier molecular flexibility index (Phi) is 4.88. The number of carbonyl (C=O) groups is 1. The Balaban J connectivity index is 2.02. The molecule has 0 radical (unpaired) electrons. The maximum atomic E-state index is 12.7. The van der Waals surface area contributed by atoms with Crippen molar-refractivity contribution in [1.82, 2.24) is 9.13 Å². The largest absolute Gasteiger partial charge is 0.495 e. The van der Waals surface area contributed by atoms with Crippen molar-refractivity contribution in [2.75, 3.05) is 12.4 Å². The second-order valence-corrected chi connectivity index (χ2v) is 5.68. The van der Waals surface area contributed by atoms with Crippen LogP contribution < -0.4 is 21.3 Å². The molecule has 7 nitrogen and oxygen atoms in total. The molecule has 0 aliphatic rings. The van der Waals surface area contributed by atoms with Crippen LogP contribution in [0.4, 0.5) is 5.69 Å². The Morgan fingerprint density at radius 2 is 1.73 bits per heavy atom. The molecular formula is C19H19N3O4. The molecule has 1 aromatic heterocycles. The minimum Gasteiger partial charge on any atom is -0.495 e. The molecule has 1 amide bonds. The van der Waals surface area contributed by atoms with Crippen molar-refractivity contribution in [2.24, 2.45) is 0 Å². The minimum atomic E-state index is -0.508. The number of carbonyl (C=O) groups excluding carboxylic acids is 1. The van der Waals surface area contributed by atoms with Gasteiger partial charge in [0.05, 0.1) is 23.7 Å². The second kappa shape index (κ2) is 7.26. The van der Waals surface area contributed by atoms with E-state index in [9.17, 15) is 14.4 Å². The number of hydrogen-bond donors (Lipinski definition) is 1. The van der Waals surface area contributed by atoms with E-state index in [4.69, 9.17) is 4.74 Å². The summed E-state index contributed by atoms with van der Waals surface area (Å²) in [7, 11) is 1.51. The minimum absolute atomic E-state index is 0.211. The Labute approximate surface area is 149 Å². The van der Waals surface area contributed by atoms with E-state index >= 15 is 0 Å². The number of nitrogens with zero attached hydrogens (tertiary/aromatic N) is 2. The highest BCUT2D eigenvalue weighted by Crippen LogP contribution is 2.22. The van der Waals surface area contributed by atoms with Crippen LogP contribution in [0.15, 0.2) is 58.1 Å². The van der Waals surface area contributed by atoms with Crippen molar-refractivity contribution < 1.29 is 9.53 Å². The lowest BCUT2D eigenvalue weighted by Gasteiger charge is -2.14. The fourth-order valence-corrected chi connectivity index (χ4v) is 2.88. The van der Waals surface area contributed by atoms with Crippen LogP contribution in [0.25, 0.3) is 10.9 Å². The maximum absolute atomic E-state index is 12.7. The molecule has 0 bridgehead atoms. The summed E-state index contributed by atoms with van der Waals surface area (Å²) in [5, 5.41) is 3.14. The summed E-state index contributed by atoms with van der Waals surface area (Å²) in [4.78, 5) is 37.6. The molecule has 0 fully saturated rings. The van der Waals surface area contributed by atoms with Crippen LogP contribution >= 0.6 is 0 Å². The summed E-state index contributed by atoms with van der Waals surface area (Å²) >= 11 is 0. The van der Waals surface area contributed by atoms with Crippen molar-refractivity contribution in [3.63, 3.8) is 0 Å². The van der Waals surface area contributed by atoms with Crippen LogP contribution in [0, 0.1) is 0 Å². The molecule has 0 aliphatic carbocycles. The highest BCUT2D eigenvalue weighted by Gasteiger charge is 2.15. The van der Waals surface area contributed by atoms with Crippen LogP contribution in [0.5, 0.6) is 5.75 Å². The van der Waals surface area contributed by atoms with Crippen LogP contribution in [-0.4, -0.2) is 22.2 Å². The van der Waals surface area contributed by atoms with Gasteiger partial charge in [-0.1, -0.05) is 24.3 Å². The molecule has 0 saturated carbocycles. The van der Waals surface area contributed by atoms with Crippen molar-refractivity contribution in [3.8, 4) is 5.75 Å². The van der Waals surface area contributed by atoms with Gasteiger partial charge in [-0.05, 0) is 31.2 Å². The van der Waals surface area contributed by atoms with Gasteiger partial charge in [0.25, 0.3) is 5.56 Å². The van der Waals surface area contributed by atoms with E-state index in [-0.39, 0.29) is 24.6 Å². The van der Waals surface area contributed by atoms with Gasteiger partial charge in [0.1, 0.15) is 12.3 Å². The first kappa shape index (κ1) is 17.5. The van der Waals surface area contributed by atoms with E-state index in [2.05, 4.69) is 5.32 Å². The third-order valence-electron chi connectivity index (χ3n) is 4.13. The molecule has 7 heteroatoms. The summed E-state index contributed by atoms with van der Waals surface area (Å²) < 4.78 is 7.65. The third-order valence-corrected chi connectivity index (χ3v) is 4.13. The molecule has 3 rings (SSSR count). The molecule has 3 aromatic rings. The Morgan fingerprint density at radius 1 is 1.04 bits per heavy atom. The van der Waals surface area contributed by atoms with Gasteiger partial charge in [-0.2, -0.15) is 0 Å². The fourth-order valence-electron chi connectivity index (χ4n) is 2.88. The number of para-hydroxylation sites is 3. The van der Waals surface area contributed by atoms with Gasteiger partial charge in [-0.25, -0.2) is 4.79 Å². The molecule has 2 aromatic carbocycles. The van der Waals surface area contributed by atoms with Crippen LogP contribution in [0.1, 0.15) is 6.92 Å². The summed E-state index contributed by atoms with van der Waals surface area (Å²) in [6.07, 6.45) is 0. The number of ether oxygens (including phenoxy) is 1. The average molecular weight is 353 g/mol. The number of amides is 1. The number of methoxy groups -OCH3 is 1. The maximum Gasteiger partial charge on any atom is 0.331 e. The van der Waals surface area contributed by atoms with Gasteiger partial charge in [0, 0.05) is 6.54 Å². The van der Waals surface area contributed by atoms with E-state index in [0.717, 1.165) is 4.57 Å². The van der Waals surface area contributed by atoms with Gasteiger partial charge in [0.2, 0.25) is 5.91 Å². The molecule has 134 valence electrons. The predicted molar refractivity (Wildman–Crippen MR) is 99.8 cm³/mol. The highest BCUT2D eigenvalue weighted by molar-refractivity contribution is 5.93. The van der Waals surface area contributed by atoms with Crippen molar-refractivity contribution in [3.05, 3.63) is 69.4 Å². The standard InChI is InChI=1S/C19H19N3O4/c1-3-21-18(24)13-8-4-6-10-15(13)22(19(21)25)12-17(23)20-14-9-5-7-11-16(14)26-2/h4-11H,3,12H2,1-2H3,(H,20,23).